The van der Waals surface area contributed by atoms with Crippen LogP contribution in [0.15, 0.2) is 24.3 Å². The van der Waals surface area contributed by atoms with Crippen LogP contribution in [0.1, 0.15) is 31.7 Å². The van der Waals surface area contributed by atoms with E-state index in [0.29, 0.717) is 0 Å². The van der Waals surface area contributed by atoms with Gasteiger partial charge in [0.15, 0.2) is 0 Å². The van der Waals surface area contributed by atoms with E-state index < -0.39 is 0 Å². The second kappa shape index (κ2) is 3.86. The Bertz CT molecular complexity index is 327. The van der Waals surface area contributed by atoms with Crippen LogP contribution in [0.2, 0.25) is 0 Å². The highest BCUT2D eigenvalue weighted by atomic mass is 16.5. The van der Waals surface area contributed by atoms with E-state index in [0.717, 1.165) is 25.0 Å². The van der Waals surface area contributed by atoms with Crippen LogP contribution < -0.4 is 4.74 Å². The molecule has 0 amide bonds. The number of ether oxygens (including phenoxy) is 1. The smallest absolute Gasteiger partial charge is 0.118 e. The minimum Gasteiger partial charge on any atom is -0.497 e. The molecule has 2 nitrogen and oxygen atoms in total. The normalized spacial score (nSPS) is 29.7. The molecule has 0 bridgehead atoms. The molecular formula is C13H18O2. The maximum Gasteiger partial charge on any atom is 0.118 e. The average Bonchev–Trinajstić information content (AvgIpc) is 2.29. The highest BCUT2D eigenvalue weighted by molar-refractivity contribution is 5.35. The van der Waals surface area contributed by atoms with Crippen molar-refractivity contribution in [2.75, 3.05) is 7.11 Å². The van der Waals surface area contributed by atoms with Gasteiger partial charge in [-0.2, -0.15) is 0 Å². The molecule has 15 heavy (non-hydrogen) atoms. The van der Waals surface area contributed by atoms with Crippen molar-refractivity contribution in [1.82, 2.24) is 0 Å². The number of methoxy groups -OCH3 is 1. The predicted molar refractivity (Wildman–Crippen MR) is 60.2 cm³/mol. The summed E-state index contributed by atoms with van der Waals surface area (Å²) in [5.74, 6) is 0.874. The van der Waals surface area contributed by atoms with E-state index in [1.54, 1.807) is 7.11 Å². The molecule has 0 aliphatic heterocycles. The number of aliphatic hydroxyl groups excluding tert-OH is 1. The number of aliphatic hydroxyl groups is 1. The van der Waals surface area contributed by atoms with Gasteiger partial charge < -0.3 is 9.84 Å². The molecule has 2 rings (SSSR count). The first-order valence-electron chi connectivity index (χ1n) is 5.55. The molecule has 0 unspecified atom stereocenters. The van der Waals surface area contributed by atoms with Gasteiger partial charge in [0, 0.05) is 5.41 Å². The minimum absolute atomic E-state index is 0.00622. The van der Waals surface area contributed by atoms with E-state index in [1.807, 2.05) is 12.1 Å². The first kappa shape index (κ1) is 10.5. The molecule has 1 aromatic rings. The van der Waals surface area contributed by atoms with Crippen LogP contribution in [0.5, 0.6) is 5.75 Å². The summed E-state index contributed by atoms with van der Waals surface area (Å²) in [4.78, 5) is 0. The lowest BCUT2D eigenvalue weighted by atomic mass is 9.60. The van der Waals surface area contributed by atoms with Crippen molar-refractivity contribution >= 4 is 0 Å². The summed E-state index contributed by atoms with van der Waals surface area (Å²) >= 11 is 0. The maximum atomic E-state index is 9.91. The van der Waals surface area contributed by atoms with E-state index in [9.17, 15) is 5.11 Å². The van der Waals surface area contributed by atoms with Gasteiger partial charge in [-0.25, -0.2) is 0 Å². The Labute approximate surface area is 90.9 Å². The molecule has 2 heteroatoms. The lowest BCUT2D eigenvalue weighted by molar-refractivity contribution is -0.00952. The van der Waals surface area contributed by atoms with Crippen LogP contribution in [0, 0.1) is 0 Å². The zero-order valence-electron chi connectivity index (χ0n) is 9.36. The molecule has 1 aliphatic carbocycles. The van der Waals surface area contributed by atoms with Crippen LogP contribution in [-0.2, 0) is 5.41 Å². The van der Waals surface area contributed by atoms with Crippen molar-refractivity contribution in [3.05, 3.63) is 29.8 Å². The molecule has 0 saturated heterocycles. The van der Waals surface area contributed by atoms with E-state index in [-0.39, 0.29) is 11.5 Å². The Morgan fingerprint density at radius 1 is 1.40 bits per heavy atom. The Hall–Kier alpha value is -1.02. The van der Waals surface area contributed by atoms with Crippen LogP contribution in [0.3, 0.4) is 0 Å². The molecule has 1 N–H and O–H groups in total. The molecule has 0 heterocycles. The van der Waals surface area contributed by atoms with Crippen molar-refractivity contribution in [1.29, 1.82) is 0 Å². The first-order valence-corrected chi connectivity index (χ1v) is 5.55. The zero-order valence-corrected chi connectivity index (χ0v) is 9.36. The SMILES string of the molecule is CC[C@@]1(c2ccc(OC)cc2)CC[C@H]1O. The van der Waals surface area contributed by atoms with Crippen LogP contribution in [0.25, 0.3) is 0 Å². The Kier molecular flexibility index (Phi) is 2.70. The molecule has 82 valence electrons. The summed E-state index contributed by atoms with van der Waals surface area (Å²) in [5, 5.41) is 9.91. The third-order valence-corrected chi connectivity index (χ3v) is 3.80. The standard InChI is InChI=1S/C13H18O2/c1-3-13(9-8-12(13)14)10-4-6-11(15-2)7-5-10/h4-7,12,14H,3,8-9H2,1-2H3/t12-,13+/m1/s1. The second-order valence-electron chi connectivity index (χ2n) is 4.29. The molecule has 1 aromatic carbocycles. The lowest BCUT2D eigenvalue weighted by Gasteiger charge is -2.47. The third-order valence-electron chi connectivity index (χ3n) is 3.80. The quantitative estimate of drug-likeness (QED) is 0.823. The highest BCUT2D eigenvalue weighted by Gasteiger charge is 2.45. The van der Waals surface area contributed by atoms with E-state index in [2.05, 4.69) is 19.1 Å². The van der Waals surface area contributed by atoms with Crippen molar-refractivity contribution in [3.8, 4) is 5.75 Å². The van der Waals surface area contributed by atoms with Crippen LogP contribution in [-0.4, -0.2) is 18.3 Å². The minimum atomic E-state index is -0.170. The van der Waals surface area contributed by atoms with Crippen molar-refractivity contribution in [3.63, 3.8) is 0 Å². The molecule has 1 aliphatic rings. The van der Waals surface area contributed by atoms with Crippen molar-refractivity contribution in [2.45, 2.75) is 37.7 Å². The summed E-state index contributed by atoms with van der Waals surface area (Å²) in [6.45, 7) is 2.15. The number of hydrogen-bond donors (Lipinski definition) is 1. The second-order valence-corrected chi connectivity index (χ2v) is 4.29. The summed E-state index contributed by atoms with van der Waals surface area (Å²) in [7, 11) is 1.67. The number of benzene rings is 1. The van der Waals surface area contributed by atoms with Gasteiger partial charge >= 0.3 is 0 Å². The molecule has 0 spiro atoms. The summed E-state index contributed by atoms with van der Waals surface area (Å²) in [6, 6.07) is 8.09. The lowest BCUT2D eigenvalue weighted by Crippen LogP contribution is -2.48. The van der Waals surface area contributed by atoms with Gasteiger partial charge in [0.05, 0.1) is 13.2 Å². The van der Waals surface area contributed by atoms with Crippen molar-refractivity contribution in [2.24, 2.45) is 0 Å². The van der Waals surface area contributed by atoms with Gasteiger partial charge in [0.2, 0.25) is 0 Å². The predicted octanol–water partition coefficient (Wildman–Crippen LogP) is 2.50. The largest absolute Gasteiger partial charge is 0.497 e. The van der Waals surface area contributed by atoms with Gasteiger partial charge in [0.1, 0.15) is 5.75 Å². The fraction of sp³-hybridized carbons (Fsp3) is 0.538. The highest BCUT2D eigenvalue weighted by Crippen LogP contribution is 2.46. The Balaban J connectivity index is 2.28. The maximum absolute atomic E-state index is 9.91. The summed E-state index contributed by atoms with van der Waals surface area (Å²) in [5.41, 5.74) is 1.25. The zero-order chi connectivity index (χ0) is 10.9. The number of hydrogen-bond acceptors (Lipinski definition) is 2. The molecule has 2 atom stereocenters. The molecule has 1 saturated carbocycles. The van der Waals surface area contributed by atoms with Gasteiger partial charge in [-0.1, -0.05) is 19.1 Å². The fourth-order valence-electron chi connectivity index (χ4n) is 2.50. The van der Waals surface area contributed by atoms with Crippen LogP contribution >= 0.6 is 0 Å². The monoisotopic (exact) mass is 206 g/mol. The van der Waals surface area contributed by atoms with E-state index in [1.165, 1.54) is 5.56 Å². The molecular weight excluding hydrogens is 188 g/mol. The van der Waals surface area contributed by atoms with Gasteiger partial charge in [-0.15, -0.1) is 0 Å². The van der Waals surface area contributed by atoms with E-state index >= 15 is 0 Å². The third kappa shape index (κ3) is 1.53. The first-order chi connectivity index (χ1) is 7.23. The Morgan fingerprint density at radius 2 is 2.07 bits per heavy atom. The van der Waals surface area contributed by atoms with Gasteiger partial charge in [-0.05, 0) is 37.0 Å². The van der Waals surface area contributed by atoms with Crippen molar-refractivity contribution < 1.29 is 9.84 Å². The molecule has 0 aromatic heterocycles. The van der Waals surface area contributed by atoms with Gasteiger partial charge in [0.25, 0.3) is 0 Å². The van der Waals surface area contributed by atoms with Gasteiger partial charge in [-0.3, -0.25) is 0 Å². The van der Waals surface area contributed by atoms with E-state index in [4.69, 9.17) is 4.74 Å². The molecule has 0 radical (unpaired) electrons. The van der Waals surface area contributed by atoms with Crippen LogP contribution in [0.4, 0.5) is 0 Å². The Morgan fingerprint density at radius 3 is 2.40 bits per heavy atom. The topological polar surface area (TPSA) is 29.5 Å². The fourth-order valence-corrected chi connectivity index (χ4v) is 2.50. The average molecular weight is 206 g/mol. The summed E-state index contributed by atoms with van der Waals surface area (Å²) in [6.07, 6.45) is 2.85. The number of rotatable bonds is 3. The molecule has 1 fully saturated rings. The summed E-state index contributed by atoms with van der Waals surface area (Å²) < 4.78 is 5.13.